The lowest BCUT2D eigenvalue weighted by atomic mass is 9.83. The highest BCUT2D eigenvalue weighted by molar-refractivity contribution is 6.74. The number of rotatable bonds is 5. The summed E-state index contributed by atoms with van der Waals surface area (Å²) in [6.45, 7) is 13.1. The zero-order valence-corrected chi connectivity index (χ0v) is 15.2. The summed E-state index contributed by atoms with van der Waals surface area (Å²) in [6.07, 6.45) is 9.36. The van der Waals surface area contributed by atoms with Crippen molar-refractivity contribution in [1.29, 1.82) is 0 Å². The van der Waals surface area contributed by atoms with E-state index >= 15 is 0 Å². The van der Waals surface area contributed by atoms with E-state index in [-0.39, 0.29) is 11.0 Å². The van der Waals surface area contributed by atoms with E-state index in [2.05, 4.69) is 39.8 Å². The van der Waals surface area contributed by atoms with Crippen molar-refractivity contribution in [3.8, 4) is 12.3 Å². The monoisotopic (exact) mass is 308 g/mol. The number of terminal acetylenes is 1. The third-order valence-electron chi connectivity index (χ3n) is 4.61. The third-order valence-corrected chi connectivity index (χ3v) is 8.96. The lowest BCUT2D eigenvalue weighted by molar-refractivity contribution is -0.154. The van der Waals surface area contributed by atoms with E-state index in [9.17, 15) is 4.79 Å². The molecule has 0 fully saturated rings. The smallest absolute Gasteiger partial charge is 0.320 e. The van der Waals surface area contributed by atoms with Crippen LogP contribution in [0.5, 0.6) is 0 Å². The molecule has 0 radical (unpaired) electrons. The van der Waals surface area contributed by atoms with Gasteiger partial charge in [-0.1, -0.05) is 20.8 Å². The van der Waals surface area contributed by atoms with E-state index in [0.29, 0.717) is 19.4 Å². The van der Waals surface area contributed by atoms with Crippen LogP contribution in [0.3, 0.4) is 0 Å². The first-order chi connectivity index (χ1) is 9.60. The summed E-state index contributed by atoms with van der Waals surface area (Å²) in [5.74, 6) is 3.13. The molecule has 1 aliphatic carbocycles. The molecule has 0 bridgehead atoms. The van der Waals surface area contributed by atoms with Gasteiger partial charge in [0.15, 0.2) is 0 Å². The standard InChI is InChI=1S/C17H28O3Si/c1-8-12-17(15(18)19-9-2)13-10-11-14(17)20-21(6,7)16(3,4)5/h1,11H,9-10,12-13H2,2-7H3. The number of hydrogen-bond acceptors (Lipinski definition) is 3. The van der Waals surface area contributed by atoms with Crippen LogP contribution in [-0.2, 0) is 14.0 Å². The number of esters is 1. The average Bonchev–Trinajstić information content (AvgIpc) is 2.72. The second-order valence-electron chi connectivity index (χ2n) is 7.15. The van der Waals surface area contributed by atoms with Crippen molar-refractivity contribution in [3.63, 3.8) is 0 Å². The molecule has 1 unspecified atom stereocenters. The quantitative estimate of drug-likeness (QED) is 0.432. The molecule has 0 saturated carbocycles. The minimum atomic E-state index is -2.00. The Hall–Kier alpha value is -1.21. The molecule has 118 valence electrons. The molecule has 3 nitrogen and oxygen atoms in total. The summed E-state index contributed by atoms with van der Waals surface area (Å²) in [5, 5.41) is 0.0764. The largest absolute Gasteiger partial charge is 0.546 e. The van der Waals surface area contributed by atoms with Gasteiger partial charge in [0.25, 0.3) is 0 Å². The minimum Gasteiger partial charge on any atom is -0.546 e. The van der Waals surface area contributed by atoms with E-state index < -0.39 is 13.7 Å². The molecule has 1 aliphatic rings. The highest BCUT2D eigenvalue weighted by atomic mass is 28.4. The highest BCUT2D eigenvalue weighted by Crippen LogP contribution is 2.48. The van der Waals surface area contributed by atoms with Crippen LogP contribution in [0.15, 0.2) is 11.8 Å². The van der Waals surface area contributed by atoms with Gasteiger partial charge in [-0.25, -0.2) is 0 Å². The van der Waals surface area contributed by atoms with Crippen molar-refractivity contribution >= 4 is 14.3 Å². The van der Waals surface area contributed by atoms with Crippen LogP contribution in [0.4, 0.5) is 0 Å². The molecule has 1 rings (SSSR count). The Morgan fingerprint density at radius 1 is 1.48 bits per heavy atom. The van der Waals surface area contributed by atoms with Gasteiger partial charge in [0.05, 0.1) is 12.4 Å². The molecular weight excluding hydrogens is 280 g/mol. The van der Waals surface area contributed by atoms with Crippen molar-refractivity contribution in [1.82, 2.24) is 0 Å². The molecule has 0 N–H and O–H groups in total. The van der Waals surface area contributed by atoms with Crippen molar-refractivity contribution in [2.24, 2.45) is 5.41 Å². The molecule has 0 saturated heterocycles. The molecule has 0 aromatic heterocycles. The lowest BCUT2D eigenvalue weighted by Gasteiger charge is -2.40. The summed E-state index contributed by atoms with van der Waals surface area (Å²) in [4.78, 5) is 12.5. The SMILES string of the molecule is C#CCC1(C(=O)OCC)CCC=C1O[Si](C)(C)C(C)(C)C. The Morgan fingerprint density at radius 3 is 2.57 bits per heavy atom. The number of hydrogen-bond donors (Lipinski definition) is 0. The van der Waals surface area contributed by atoms with Crippen molar-refractivity contribution < 1.29 is 14.0 Å². The average molecular weight is 308 g/mol. The van der Waals surface area contributed by atoms with Gasteiger partial charge in [-0.3, -0.25) is 4.79 Å². The van der Waals surface area contributed by atoms with Gasteiger partial charge in [-0.15, -0.1) is 12.3 Å². The molecule has 0 aromatic rings. The molecule has 4 heteroatoms. The maximum Gasteiger partial charge on any atom is 0.320 e. The first-order valence-corrected chi connectivity index (χ1v) is 10.5. The van der Waals surface area contributed by atoms with Crippen LogP contribution in [0.2, 0.25) is 18.1 Å². The van der Waals surface area contributed by atoms with Gasteiger partial charge in [0.2, 0.25) is 8.32 Å². The van der Waals surface area contributed by atoms with E-state index in [4.69, 9.17) is 15.6 Å². The summed E-state index contributed by atoms with van der Waals surface area (Å²) in [5.41, 5.74) is -0.777. The molecule has 21 heavy (non-hydrogen) atoms. The number of carbonyl (C=O) groups excluding carboxylic acids is 1. The zero-order valence-electron chi connectivity index (χ0n) is 14.2. The van der Waals surface area contributed by atoms with Gasteiger partial charge < -0.3 is 9.16 Å². The number of carbonyl (C=O) groups is 1. The Balaban J connectivity index is 3.10. The molecule has 0 spiro atoms. The number of ether oxygens (including phenoxy) is 1. The van der Waals surface area contributed by atoms with Crippen LogP contribution in [0.25, 0.3) is 0 Å². The fourth-order valence-electron chi connectivity index (χ4n) is 2.23. The molecule has 0 aromatic carbocycles. The molecule has 0 heterocycles. The third kappa shape index (κ3) is 3.52. The number of allylic oxidation sites excluding steroid dienone is 1. The fraction of sp³-hybridized carbons (Fsp3) is 0.706. The van der Waals surface area contributed by atoms with E-state index in [1.807, 2.05) is 13.0 Å². The van der Waals surface area contributed by atoms with E-state index in [0.717, 1.165) is 12.2 Å². The van der Waals surface area contributed by atoms with Crippen molar-refractivity contribution in [2.45, 2.75) is 65.1 Å². The Kier molecular flexibility index (Phi) is 5.33. The first-order valence-electron chi connectivity index (χ1n) is 7.61. The Bertz CT molecular complexity index is 465. The van der Waals surface area contributed by atoms with Gasteiger partial charge in [0.1, 0.15) is 5.41 Å². The molecule has 1 atom stereocenters. The maximum absolute atomic E-state index is 12.5. The van der Waals surface area contributed by atoms with Crippen molar-refractivity contribution in [2.75, 3.05) is 6.61 Å². The Labute approximate surface area is 130 Å². The van der Waals surface area contributed by atoms with E-state index in [1.54, 1.807) is 0 Å². The fourth-order valence-corrected chi connectivity index (χ4v) is 3.36. The summed E-state index contributed by atoms with van der Waals surface area (Å²) < 4.78 is 11.7. The molecule has 0 amide bonds. The van der Waals surface area contributed by atoms with Crippen LogP contribution in [0, 0.1) is 17.8 Å². The predicted octanol–water partition coefficient (Wildman–Crippen LogP) is 4.26. The summed E-state index contributed by atoms with van der Waals surface area (Å²) >= 11 is 0. The Morgan fingerprint density at radius 2 is 2.10 bits per heavy atom. The normalized spacial score (nSPS) is 22.4. The van der Waals surface area contributed by atoms with Gasteiger partial charge in [-0.2, -0.15) is 0 Å². The van der Waals surface area contributed by atoms with Crippen LogP contribution < -0.4 is 0 Å². The van der Waals surface area contributed by atoms with E-state index in [1.165, 1.54) is 0 Å². The zero-order chi connectivity index (χ0) is 16.3. The van der Waals surface area contributed by atoms with Crippen molar-refractivity contribution in [3.05, 3.63) is 11.8 Å². The molecule has 0 aliphatic heterocycles. The lowest BCUT2D eigenvalue weighted by Crippen LogP contribution is -2.44. The summed E-state index contributed by atoms with van der Waals surface area (Å²) in [6, 6.07) is 0. The van der Waals surface area contributed by atoms with Crippen LogP contribution in [-0.4, -0.2) is 20.9 Å². The summed E-state index contributed by atoms with van der Waals surface area (Å²) in [7, 11) is -2.00. The van der Waals surface area contributed by atoms with Gasteiger partial charge in [0, 0.05) is 6.42 Å². The molecular formula is C17H28O3Si. The van der Waals surface area contributed by atoms with Crippen LogP contribution >= 0.6 is 0 Å². The van der Waals surface area contributed by atoms with Gasteiger partial charge >= 0.3 is 5.97 Å². The second-order valence-corrected chi connectivity index (χ2v) is 11.9. The first kappa shape index (κ1) is 17.8. The second kappa shape index (κ2) is 6.27. The topological polar surface area (TPSA) is 35.5 Å². The highest BCUT2D eigenvalue weighted by Gasteiger charge is 2.50. The minimum absolute atomic E-state index is 0.0764. The van der Waals surface area contributed by atoms with Crippen LogP contribution in [0.1, 0.15) is 47.0 Å². The van der Waals surface area contributed by atoms with Gasteiger partial charge in [-0.05, 0) is 44.0 Å². The maximum atomic E-state index is 12.5. The predicted molar refractivity (Wildman–Crippen MR) is 88.1 cm³/mol.